The van der Waals surface area contributed by atoms with Crippen LogP contribution in [0, 0.1) is 24.2 Å². The van der Waals surface area contributed by atoms with Gasteiger partial charge in [-0.25, -0.2) is 4.98 Å². The molecule has 0 saturated heterocycles. The molecule has 2 unspecified atom stereocenters. The lowest BCUT2D eigenvalue weighted by Gasteiger charge is -2.33. The molecule has 4 nitrogen and oxygen atoms in total. The Balaban J connectivity index is 1.51. The average Bonchev–Trinajstić information content (AvgIpc) is 2.76. The normalized spacial score (nSPS) is 25.1. The van der Waals surface area contributed by atoms with E-state index >= 15 is 0 Å². The minimum atomic E-state index is 0.202. The number of thioether (sulfide) groups is 1. The molecule has 1 amide bonds. The highest BCUT2D eigenvalue weighted by Gasteiger charge is 2.32. The number of nitrogens with one attached hydrogen (secondary N) is 1. The molecule has 156 valence electrons. The molecule has 0 aliphatic heterocycles. The van der Waals surface area contributed by atoms with Gasteiger partial charge in [-0.05, 0) is 69.4 Å². The Labute approximate surface area is 179 Å². The summed E-state index contributed by atoms with van der Waals surface area (Å²) in [6.07, 6.45) is 14.7. The molecule has 0 aromatic carbocycles. The third kappa shape index (κ3) is 4.63. The van der Waals surface area contributed by atoms with E-state index < -0.39 is 0 Å². The number of pyridine rings is 1. The second-order valence-electron chi connectivity index (χ2n) is 9.05. The van der Waals surface area contributed by atoms with Crippen molar-refractivity contribution in [2.24, 2.45) is 5.92 Å². The highest BCUT2D eigenvalue weighted by molar-refractivity contribution is 8.00. The monoisotopic (exact) mass is 411 g/mol. The van der Waals surface area contributed by atoms with Crippen LogP contribution in [-0.4, -0.2) is 22.2 Å². The van der Waals surface area contributed by atoms with E-state index in [2.05, 4.69) is 18.3 Å². The number of fused-ring (bicyclic) bond motifs is 1. The minimum absolute atomic E-state index is 0.202. The molecular weight excluding hydrogens is 378 g/mol. The van der Waals surface area contributed by atoms with Crippen molar-refractivity contribution in [3.63, 3.8) is 0 Å². The topological polar surface area (TPSA) is 65.8 Å². The van der Waals surface area contributed by atoms with Crippen LogP contribution in [0.15, 0.2) is 5.03 Å². The van der Waals surface area contributed by atoms with Crippen LogP contribution in [0.5, 0.6) is 0 Å². The predicted molar refractivity (Wildman–Crippen MR) is 117 cm³/mol. The van der Waals surface area contributed by atoms with Crippen LogP contribution in [-0.2, 0) is 17.6 Å². The third-order valence-corrected chi connectivity index (χ3v) is 8.48. The summed E-state index contributed by atoms with van der Waals surface area (Å²) in [5.74, 6) is 0.465. The minimum Gasteiger partial charge on any atom is -0.352 e. The van der Waals surface area contributed by atoms with Gasteiger partial charge in [-0.3, -0.25) is 4.79 Å². The van der Waals surface area contributed by atoms with E-state index in [0.29, 0.717) is 5.25 Å². The molecule has 3 aliphatic carbocycles. The number of aryl methyl sites for hydroxylation is 1. The number of carbonyl (C=O) groups excluding carboxylic acids is 1. The van der Waals surface area contributed by atoms with Crippen LogP contribution < -0.4 is 5.32 Å². The van der Waals surface area contributed by atoms with Crippen LogP contribution >= 0.6 is 11.8 Å². The maximum absolute atomic E-state index is 12.8. The maximum atomic E-state index is 12.8. The Bertz CT molecular complexity index is 794. The summed E-state index contributed by atoms with van der Waals surface area (Å²) in [5, 5.41) is 14.5. The fourth-order valence-electron chi connectivity index (χ4n) is 5.34. The molecule has 29 heavy (non-hydrogen) atoms. The first-order chi connectivity index (χ1) is 14.2. The van der Waals surface area contributed by atoms with E-state index in [9.17, 15) is 10.1 Å². The third-order valence-electron chi connectivity index (χ3n) is 7.10. The highest BCUT2D eigenvalue weighted by Crippen LogP contribution is 2.38. The fourth-order valence-corrected chi connectivity index (χ4v) is 6.75. The first-order valence-corrected chi connectivity index (χ1v) is 12.4. The molecule has 4 rings (SSSR count). The molecule has 0 bridgehead atoms. The fraction of sp³-hybridized carbons (Fsp3) is 0.708. The zero-order valence-electron chi connectivity index (χ0n) is 17.6. The number of aromatic nitrogens is 1. The SMILES string of the molecule is Cc1c(C#N)c(SC2CCCCC2NC(=O)C2CCCCC2)nc2c1CCCC2. The zero-order valence-corrected chi connectivity index (χ0v) is 18.5. The molecule has 1 aromatic rings. The van der Waals surface area contributed by atoms with Crippen molar-refractivity contribution in [3.8, 4) is 6.07 Å². The van der Waals surface area contributed by atoms with Crippen molar-refractivity contribution in [2.45, 2.75) is 107 Å². The molecule has 1 heterocycles. The lowest BCUT2D eigenvalue weighted by Crippen LogP contribution is -2.46. The standard InChI is InChI=1S/C24H33N3OS/c1-16-18-11-5-6-12-20(18)27-24(19(16)15-25)29-22-14-8-7-13-21(22)26-23(28)17-9-3-2-4-10-17/h17,21-22H,2-14H2,1H3,(H,26,28). The number of hydrogen-bond donors (Lipinski definition) is 1. The van der Waals surface area contributed by atoms with Crippen molar-refractivity contribution >= 4 is 17.7 Å². The van der Waals surface area contributed by atoms with Crippen LogP contribution in [0.3, 0.4) is 0 Å². The number of carbonyl (C=O) groups is 1. The number of hydrogen-bond acceptors (Lipinski definition) is 4. The van der Waals surface area contributed by atoms with E-state index in [1.54, 1.807) is 11.8 Å². The van der Waals surface area contributed by atoms with E-state index in [4.69, 9.17) is 4.98 Å². The van der Waals surface area contributed by atoms with Crippen molar-refractivity contribution in [2.75, 3.05) is 0 Å². The first kappa shape index (κ1) is 20.7. The summed E-state index contributed by atoms with van der Waals surface area (Å²) < 4.78 is 0. The van der Waals surface area contributed by atoms with Crippen molar-refractivity contribution < 1.29 is 4.79 Å². The number of amides is 1. The van der Waals surface area contributed by atoms with E-state index in [1.165, 1.54) is 56.2 Å². The molecule has 1 N–H and O–H groups in total. The van der Waals surface area contributed by atoms with Crippen LogP contribution in [0.1, 0.15) is 93.0 Å². The van der Waals surface area contributed by atoms with Gasteiger partial charge in [-0.15, -0.1) is 0 Å². The quantitative estimate of drug-likeness (QED) is 0.736. The van der Waals surface area contributed by atoms with Gasteiger partial charge in [-0.2, -0.15) is 5.26 Å². The highest BCUT2D eigenvalue weighted by atomic mass is 32.2. The molecule has 1 aromatic heterocycles. The van der Waals surface area contributed by atoms with Gasteiger partial charge in [0.25, 0.3) is 0 Å². The second kappa shape index (κ2) is 9.51. The van der Waals surface area contributed by atoms with Crippen LogP contribution in [0.2, 0.25) is 0 Å². The molecule has 2 atom stereocenters. The lowest BCUT2D eigenvalue weighted by atomic mass is 9.87. The summed E-state index contributed by atoms with van der Waals surface area (Å²) in [5.41, 5.74) is 4.41. The summed E-state index contributed by atoms with van der Waals surface area (Å²) in [6, 6.07) is 2.64. The van der Waals surface area contributed by atoms with E-state index in [1.807, 2.05) is 0 Å². The van der Waals surface area contributed by atoms with Crippen molar-refractivity contribution in [1.29, 1.82) is 5.26 Å². The Morgan fingerprint density at radius 1 is 1.03 bits per heavy atom. The molecule has 5 heteroatoms. The average molecular weight is 412 g/mol. The van der Waals surface area contributed by atoms with E-state index in [0.717, 1.165) is 54.7 Å². The van der Waals surface area contributed by atoms with Crippen molar-refractivity contribution in [1.82, 2.24) is 10.3 Å². The van der Waals surface area contributed by atoms with Crippen molar-refractivity contribution in [3.05, 3.63) is 22.4 Å². The summed E-state index contributed by atoms with van der Waals surface area (Å²) in [7, 11) is 0. The largest absolute Gasteiger partial charge is 0.352 e. The van der Waals surface area contributed by atoms with Crippen LogP contribution in [0.25, 0.3) is 0 Å². The lowest BCUT2D eigenvalue weighted by molar-refractivity contribution is -0.126. The van der Waals surface area contributed by atoms with Gasteiger partial charge in [0.15, 0.2) is 0 Å². The number of nitriles is 1. The zero-order chi connectivity index (χ0) is 20.2. The molecular formula is C24H33N3OS. The molecule has 0 spiro atoms. The maximum Gasteiger partial charge on any atom is 0.223 e. The van der Waals surface area contributed by atoms with Gasteiger partial charge < -0.3 is 5.32 Å². The van der Waals surface area contributed by atoms with Gasteiger partial charge in [0.1, 0.15) is 11.1 Å². The Hall–Kier alpha value is -1.54. The van der Waals surface area contributed by atoms with Gasteiger partial charge in [0, 0.05) is 22.9 Å². The molecule has 2 fully saturated rings. The Morgan fingerprint density at radius 2 is 1.76 bits per heavy atom. The van der Waals surface area contributed by atoms with Crippen LogP contribution in [0.4, 0.5) is 0 Å². The summed E-state index contributed by atoms with van der Waals surface area (Å²) in [4.78, 5) is 17.8. The Kier molecular flexibility index (Phi) is 6.80. The summed E-state index contributed by atoms with van der Waals surface area (Å²) in [6.45, 7) is 2.09. The molecule has 3 aliphatic rings. The number of nitrogens with zero attached hydrogens (tertiary/aromatic N) is 2. The number of rotatable bonds is 4. The molecule has 0 radical (unpaired) electrons. The van der Waals surface area contributed by atoms with Gasteiger partial charge in [0.05, 0.1) is 5.56 Å². The van der Waals surface area contributed by atoms with Gasteiger partial charge in [0.2, 0.25) is 5.91 Å². The smallest absolute Gasteiger partial charge is 0.223 e. The van der Waals surface area contributed by atoms with Gasteiger partial charge >= 0.3 is 0 Å². The Morgan fingerprint density at radius 3 is 2.55 bits per heavy atom. The second-order valence-corrected chi connectivity index (χ2v) is 10.3. The van der Waals surface area contributed by atoms with Gasteiger partial charge in [-0.1, -0.05) is 43.9 Å². The van der Waals surface area contributed by atoms with E-state index in [-0.39, 0.29) is 17.9 Å². The summed E-state index contributed by atoms with van der Waals surface area (Å²) >= 11 is 1.75. The predicted octanol–water partition coefficient (Wildman–Crippen LogP) is 5.24. The first-order valence-electron chi connectivity index (χ1n) is 11.6. The molecule has 2 saturated carbocycles.